The van der Waals surface area contributed by atoms with Crippen LogP contribution < -0.4 is 16.0 Å². The minimum absolute atomic E-state index is 0.125. The van der Waals surface area contributed by atoms with E-state index in [1.54, 1.807) is 0 Å². The van der Waals surface area contributed by atoms with Gasteiger partial charge in [0.1, 0.15) is 18.2 Å². The predicted molar refractivity (Wildman–Crippen MR) is 218 cm³/mol. The van der Waals surface area contributed by atoms with Crippen LogP contribution in [0.25, 0.3) is 49.4 Å². The van der Waals surface area contributed by atoms with E-state index in [4.69, 9.17) is 4.99 Å². The first kappa shape index (κ1) is 31.7. The highest BCUT2D eigenvalue weighted by atomic mass is 15.3. The van der Waals surface area contributed by atoms with E-state index in [1.807, 2.05) is 0 Å². The average Bonchev–Trinajstić information content (AvgIpc) is 3.20. The summed E-state index contributed by atoms with van der Waals surface area (Å²) < 4.78 is 0. The molecule has 0 saturated carbocycles. The fourth-order valence-electron chi connectivity index (χ4n) is 7.76. The molecule has 252 valence electrons. The van der Waals surface area contributed by atoms with Crippen molar-refractivity contribution in [3.05, 3.63) is 198 Å². The molecule has 7 aromatic carbocycles. The Morgan fingerprint density at radius 1 is 0.519 bits per heavy atom. The van der Waals surface area contributed by atoms with Crippen molar-refractivity contribution >= 4 is 33.0 Å². The van der Waals surface area contributed by atoms with Gasteiger partial charge >= 0.3 is 0 Å². The minimum Gasteiger partial charge on any atom is -0.383 e. The van der Waals surface area contributed by atoms with Gasteiger partial charge in [0.05, 0.1) is 0 Å². The summed E-state index contributed by atoms with van der Waals surface area (Å²) in [6.45, 7) is 4.33. The summed E-state index contributed by atoms with van der Waals surface area (Å²) in [7, 11) is 0. The Labute approximate surface area is 305 Å². The average molecular weight is 673 g/mol. The van der Waals surface area contributed by atoms with E-state index in [0.29, 0.717) is 0 Å². The summed E-state index contributed by atoms with van der Waals surface area (Å²) in [6, 6.07) is 57.1. The van der Waals surface area contributed by atoms with Gasteiger partial charge in [0.25, 0.3) is 0 Å². The van der Waals surface area contributed by atoms with Gasteiger partial charge in [-0.3, -0.25) is 5.32 Å². The zero-order valence-electron chi connectivity index (χ0n) is 29.3. The van der Waals surface area contributed by atoms with Gasteiger partial charge in [-0.1, -0.05) is 133 Å². The van der Waals surface area contributed by atoms with Gasteiger partial charge in [-0.15, -0.1) is 0 Å². The zero-order valence-corrected chi connectivity index (χ0v) is 29.3. The second-order valence-electron chi connectivity index (χ2n) is 13.9. The van der Waals surface area contributed by atoms with E-state index >= 15 is 0 Å². The summed E-state index contributed by atoms with van der Waals surface area (Å²) in [5.74, 6) is 0.860. The number of hydrogen-bond acceptors (Lipinski definition) is 4. The van der Waals surface area contributed by atoms with Crippen LogP contribution in [0.4, 0.5) is 0 Å². The molecule has 2 aliphatic rings. The van der Waals surface area contributed by atoms with E-state index in [-0.39, 0.29) is 18.4 Å². The lowest BCUT2D eigenvalue weighted by Crippen LogP contribution is -2.44. The molecule has 2 heterocycles. The van der Waals surface area contributed by atoms with Crippen molar-refractivity contribution in [3.8, 4) is 22.3 Å². The van der Waals surface area contributed by atoms with Gasteiger partial charge in [0.2, 0.25) is 0 Å². The smallest absolute Gasteiger partial charge is 0.131 e. The van der Waals surface area contributed by atoms with Crippen molar-refractivity contribution in [1.82, 2.24) is 16.0 Å². The van der Waals surface area contributed by atoms with Crippen LogP contribution in [0.3, 0.4) is 0 Å². The minimum atomic E-state index is -0.219. The largest absolute Gasteiger partial charge is 0.383 e. The number of amidine groups is 1. The maximum atomic E-state index is 5.36. The highest BCUT2D eigenvalue weighted by Gasteiger charge is 2.26. The molecule has 0 bridgehead atoms. The zero-order chi connectivity index (χ0) is 35.0. The van der Waals surface area contributed by atoms with Crippen molar-refractivity contribution < 1.29 is 0 Å². The van der Waals surface area contributed by atoms with Crippen LogP contribution in [-0.2, 0) is 0 Å². The van der Waals surface area contributed by atoms with E-state index in [9.17, 15) is 0 Å². The summed E-state index contributed by atoms with van der Waals surface area (Å²) >= 11 is 0. The quantitative estimate of drug-likeness (QED) is 0.154. The molecule has 3 atom stereocenters. The second-order valence-corrected chi connectivity index (χ2v) is 13.9. The summed E-state index contributed by atoms with van der Waals surface area (Å²) in [5, 5.41) is 16.0. The molecule has 0 fully saturated rings. The molecule has 9 rings (SSSR count). The maximum absolute atomic E-state index is 5.36. The SMILES string of the molecule is CC1=CC(c2cccc(-c3cc(C4=NC(c5ccccc5)NC(c5ccccc5)N4)cc(-c4cc5ccccc5c5ccccc45)c3)c2)=CC(C)N1. The molecule has 0 aliphatic carbocycles. The van der Waals surface area contributed by atoms with Gasteiger partial charge in [-0.25, -0.2) is 4.99 Å². The van der Waals surface area contributed by atoms with Crippen molar-refractivity contribution in [2.24, 2.45) is 4.99 Å². The van der Waals surface area contributed by atoms with E-state index in [1.165, 1.54) is 43.9 Å². The van der Waals surface area contributed by atoms with Crippen LogP contribution >= 0.6 is 0 Å². The lowest BCUT2D eigenvalue weighted by Gasteiger charge is -2.32. The topological polar surface area (TPSA) is 48.5 Å². The van der Waals surface area contributed by atoms with Gasteiger partial charge in [0.15, 0.2) is 0 Å². The number of hydrogen-bond donors (Lipinski definition) is 3. The third-order valence-electron chi connectivity index (χ3n) is 10.2. The Bertz CT molecular complexity index is 2530. The third kappa shape index (κ3) is 6.19. The van der Waals surface area contributed by atoms with Crippen molar-refractivity contribution in [3.63, 3.8) is 0 Å². The molecular weight excluding hydrogens is 633 g/mol. The lowest BCUT2D eigenvalue weighted by atomic mass is 9.89. The molecule has 7 aromatic rings. The molecule has 52 heavy (non-hydrogen) atoms. The second kappa shape index (κ2) is 13.5. The fourth-order valence-corrected chi connectivity index (χ4v) is 7.76. The first-order valence-electron chi connectivity index (χ1n) is 18.1. The molecule has 0 spiro atoms. The molecule has 3 unspecified atom stereocenters. The number of benzene rings is 7. The molecule has 4 nitrogen and oxygen atoms in total. The van der Waals surface area contributed by atoms with Crippen LogP contribution in [0, 0.1) is 0 Å². The highest BCUT2D eigenvalue weighted by Crippen LogP contribution is 2.38. The molecule has 0 radical (unpaired) electrons. The molecule has 2 aliphatic heterocycles. The number of dihydropyridines is 1. The van der Waals surface area contributed by atoms with Gasteiger partial charge in [-0.05, 0) is 116 Å². The van der Waals surface area contributed by atoms with Crippen LogP contribution in [-0.4, -0.2) is 11.9 Å². The normalized spacial score (nSPS) is 18.6. The summed E-state index contributed by atoms with van der Waals surface area (Å²) in [5.41, 5.74) is 11.6. The van der Waals surface area contributed by atoms with Crippen LogP contribution in [0.15, 0.2) is 181 Å². The number of rotatable bonds is 6. The van der Waals surface area contributed by atoms with Gasteiger partial charge < -0.3 is 10.6 Å². The van der Waals surface area contributed by atoms with Crippen molar-refractivity contribution in [1.29, 1.82) is 0 Å². The number of fused-ring (bicyclic) bond motifs is 3. The Balaban J connectivity index is 1.25. The van der Waals surface area contributed by atoms with Gasteiger partial charge in [-0.2, -0.15) is 0 Å². The fraction of sp³-hybridized carbons (Fsp3) is 0.104. The molecule has 0 amide bonds. The number of allylic oxidation sites excluding steroid dienone is 3. The van der Waals surface area contributed by atoms with E-state index < -0.39 is 0 Å². The highest BCUT2D eigenvalue weighted by molar-refractivity contribution is 6.14. The summed E-state index contributed by atoms with van der Waals surface area (Å²) in [4.78, 5) is 5.36. The summed E-state index contributed by atoms with van der Waals surface area (Å²) in [6.07, 6.45) is 4.20. The first-order chi connectivity index (χ1) is 25.6. The number of aliphatic imine (C=N–C) groups is 1. The van der Waals surface area contributed by atoms with Crippen LogP contribution in [0.5, 0.6) is 0 Å². The maximum Gasteiger partial charge on any atom is 0.131 e. The molecule has 3 N–H and O–H groups in total. The molecule has 4 heteroatoms. The van der Waals surface area contributed by atoms with Gasteiger partial charge in [0, 0.05) is 17.3 Å². The molecular formula is C48H40N4. The van der Waals surface area contributed by atoms with Crippen LogP contribution in [0.1, 0.15) is 48.4 Å². The lowest BCUT2D eigenvalue weighted by molar-refractivity contribution is 0.409. The molecule has 0 saturated heterocycles. The first-order valence-corrected chi connectivity index (χ1v) is 18.1. The van der Waals surface area contributed by atoms with E-state index in [2.05, 4.69) is 200 Å². The Kier molecular flexibility index (Phi) is 8.22. The van der Waals surface area contributed by atoms with Crippen molar-refractivity contribution in [2.75, 3.05) is 0 Å². The Morgan fingerprint density at radius 3 is 1.94 bits per heavy atom. The van der Waals surface area contributed by atoms with Crippen LogP contribution in [0.2, 0.25) is 0 Å². The predicted octanol–water partition coefficient (Wildman–Crippen LogP) is 10.9. The van der Waals surface area contributed by atoms with E-state index in [0.717, 1.165) is 39.2 Å². The number of nitrogens with one attached hydrogen (secondary N) is 3. The third-order valence-corrected chi connectivity index (χ3v) is 10.2. The Morgan fingerprint density at radius 2 is 1.15 bits per heavy atom. The Hall–Kier alpha value is -6.23. The number of nitrogens with zero attached hydrogens (tertiary/aromatic N) is 1. The standard InChI is InChI=1S/C48H40N4/c1-31-24-38(25-32(2)49-31)35-19-13-20-36(26-35)39-27-40(45-30-37-18-9-10-21-42(37)43-22-11-12-23-44(43)45)29-41(28-39)48-51-46(33-14-5-3-6-15-33)50-47(52-48)34-16-7-4-8-17-34/h3-31,46-47,49-50H,1-2H3,(H,51,52). The molecule has 0 aromatic heterocycles. The monoisotopic (exact) mass is 672 g/mol. The van der Waals surface area contributed by atoms with Crippen molar-refractivity contribution in [2.45, 2.75) is 32.2 Å².